The van der Waals surface area contributed by atoms with Gasteiger partial charge in [-0.2, -0.15) is 5.26 Å². The SMILES string of the molecule is Cc1nc2cc(/C=C(\C#N)c3nc4ccccc4s3)ccc2n1-c1ccccc1. The number of imidazole rings is 1. The van der Waals surface area contributed by atoms with Crippen LogP contribution in [0.4, 0.5) is 0 Å². The predicted molar refractivity (Wildman–Crippen MR) is 119 cm³/mol. The molecule has 2 aromatic heterocycles. The van der Waals surface area contributed by atoms with Crippen molar-refractivity contribution in [3.8, 4) is 11.8 Å². The third kappa shape index (κ3) is 3.10. The molecule has 0 amide bonds. The Morgan fingerprint density at radius 2 is 1.76 bits per heavy atom. The van der Waals surface area contributed by atoms with Crippen LogP contribution in [0.25, 0.3) is 38.6 Å². The minimum absolute atomic E-state index is 0.560. The van der Waals surface area contributed by atoms with E-state index in [9.17, 15) is 5.26 Å². The number of nitriles is 1. The van der Waals surface area contributed by atoms with Crippen LogP contribution in [-0.4, -0.2) is 14.5 Å². The van der Waals surface area contributed by atoms with Gasteiger partial charge in [0.25, 0.3) is 0 Å². The van der Waals surface area contributed by atoms with Crippen molar-refractivity contribution in [1.82, 2.24) is 14.5 Å². The van der Waals surface area contributed by atoms with Crippen molar-refractivity contribution in [3.63, 3.8) is 0 Å². The maximum atomic E-state index is 9.70. The van der Waals surface area contributed by atoms with E-state index in [1.54, 1.807) is 0 Å². The second-order valence-electron chi connectivity index (χ2n) is 6.73. The molecule has 0 unspecified atom stereocenters. The first-order valence-corrected chi connectivity index (χ1v) is 10.1. The zero-order valence-electron chi connectivity index (χ0n) is 15.7. The lowest BCUT2D eigenvalue weighted by molar-refractivity contribution is 1.00. The van der Waals surface area contributed by atoms with E-state index in [0.717, 1.165) is 43.3 Å². The number of aryl methyl sites for hydroxylation is 1. The Hall–Kier alpha value is -3.75. The number of nitrogens with zero attached hydrogens (tertiary/aromatic N) is 4. The van der Waals surface area contributed by atoms with E-state index in [1.807, 2.05) is 67.6 Å². The summed E-state index contributed by atoms with van der Waals surface area (Å²) in [7, 11) is 0. The number of allylic oxidation sites excluding steroid dienone is 1. The highest BCUT2D eigenvalue weighted by atomic mass is 32.1. The van der Waals surface area contributed by atoms with Crippen molar-refractivity contribution in [3.05, 3.63) is 89.2 Å². The molecule has 0 N–H and O–H groups in total. The first-order chi connectivity index (χ1) is 14.2. The lowest BCUT2D eigenvalue weighted by Crippen LogP contribution is -1.95. The average Bonchev–Trinajstić information content (AvgIpc) is 3.32. The molecule has 2 heterocycles. The quantitative estimate of drug-likeness (QED) is 0.353. The Morgan fingerprint density at radius 1 is 0.966 bits per heavy atom. The number of benzene rings is 3. The number of fused-ring (bicyclic) bond motifs is 2. The molecule has 5 aromatic rings. The van der Waals surface area contributed by atoms with Crippen molar-refractivity contribution in [2.24, 2.45) is 0 Å². The van der Waals surface area contributed by atoms with Crippen LogP contribution in [0.1, 0.15) is 16.4 Å². The van der Waals surface area contributed by atoms with Crippen LogP contribution in [0.3, 0.4) is 0 Å². The normalized spacial score (nSPS) is 11.8. The highest BCUT2D eigenvalue weighted by Gasteiger charge is 2.11. The summed E-state index contributed by atoms with van der Waals surface area (Å²) in [6.45, 7) is 2.00. The van der Waals surface area contributed by atoms with E-state index in [1.165, 1.54) is 11.3 Å². The summed E-state index contributed by atoms with van der Waals surface area (Å²) in [4.78, 5) is 9.34. The second kappa shape index (κ2) is 7.01. The van der Waals surface area contributed by atoms with E-state index in [4.69, 9.17) is 4.98 Å². The number of thiazole rings is 1. The molecule has 0 aliphatic heterocycles. The van der Waals surface area contributed by atoms with Gasteiger partial charge in [-0.05, 0) is 55.0 Å². The first kappa shape index (κ1) is 17.4. The predicted octanol–water partition coefficient (Wildman–Crippen LogP) is 6.01. The Morgan fingerprint density at radius 3 is 2.55 bits per heavy atom. The molecule has 0 aliphatic carbocycles. The van der Waals surface area contributed by atoms with Crippen molar-refractivity contribution >= 4 is 44.2 Å². The molecule has 5 heteroatoms. The molecule has 0 radical (unpaired) electrons. The Balaban J connectivity index is 1.59. The van der Waals surface area contributed by atoms with Crippen LogP contribution in [0, 0.1) is 18.3 Å². The number of para-hydroxylation sites is 2. The van der Waals surface area contributed by atoms with Crippen LogP contribution < -0.4 is 0 Å². The zero-order chi connectivity index (χ0) is 19.8. The summed E-state index contributed by atoms with van der Waals surface area (Å²) in [6.07, 6.45) is 1.88. The lowest BCUT2D eigenvalue weighted by atomic mass is 10.1. The highest BCUT2D eigenvalue weighted by molar-refractivity contribution is 7.19. The summed E-state index contributed by atoms with van der Waals surface area (Å²) >= 11 is 1.54. The van der Waals surface area contributed by atoms with Gasteiger partial charge in [0.2, 0.25) is 0 Å². The van der Waals surface area contributed by atoms with Crippen molar-refractivity contribution < 1.29 is 0 Å². The van der Waals surface area contributed by atoms with Gasteiger partial charge in [-0.25, -0.2) is 9.97 Å². The number of hydrogen-bond acceptors (Lipinski definition) is 4. The molecule has 29 heavy (non-hydrogen) atoms. The molecule has 0 spiro atoms. The fourth-order valence-corrected chi connectivity index (χ4v) is 4.44. The molecular formula is C24H16N4S. The largest absolute Gasteiger partial charge is 0.297 e. The van der Waals surface area contributed by atoms with Gasteiger partial charge < -0.3 is 0 Å². The van der Waals surface area contributed by atoms with Crippen molar-refractivity contribution in [2.45, 2.75) is 6.92 Å². The molecule has 0 saturated heterocycles. The van der Waals surface area contributed by atoms with E-state index < -0.39 is 0 Å². The van der Waals surface area contributed by atoms with Crippen LogP contribution in [0.15, 0.2) is 72.8 Å². The van der Waals surface area contributed by atoms with E-state index in [0.29, 0.717) is 5.57 Å². The lowest BCUT2D eigenvalue weighted by Gasteiger charge is -2.06. The highest BCUT2D eigenvalue weighted by Crippen LogP contribution is 2.29. The van der Waals surface area contributed by atoms with Gasteiger partial charge in [0.05, 0.1) is 26.8 Å². The average molecular weight is 392 g/mol. The second-order valence-corrected chi connectivity index (χ2v) is 7.77. The van der Waals surface area contributed by atoms with Gasteiger partial charge >= 0.3 is 0 Å². The summed E-state index contributed by atoms with van der Waals surface area (Å²) in [5.41, 5.74) is 5.45. The molecule has 0 atom stereocenters. The number of aromatic nitrogens is 3. The van der Waals surface area contributed by atoms with Crippen LogP contribution in [-0.2, 0) is 0 Å². The van der Waals surface area contributed by atoms with Gasteiger partial charge in [0.1, 0.15) is 16.9 Å². The van der Waals surface area contributed by atoms with E-state index in [-0.39, 0.29) is 0 Å². The molecule has 138 valence electrons. The summed E-state index contributed by atoms with van der Waals surface area (Å²) in [5.74, 6) is 0.930. The summed E-state index contributed by atoms with van der Waals surface area (Å²) < 4.78 is 3.22. The molecule has 3 aromatic carbocycles. The third-order valence-electron chi connectivity index (χ3n) is 4.82. The van der Waals surface area contributed by atoms with Crippen molar-refractivity contribution in [2.75, 3.05) is 0 Å². The molecular weight excluding hydrogens is 376 g/mol. The fourth-order valence-electron chi connectivity index (χ4n) is 3.51. The number of hydrogen-bond donors (Lipinski definition) is 0. The van der Waals surface area contributed by atoms with Crippen LogP contribution in [0.2, 0.25) is 0 Å². The summed E-state index contributed by atoms with van der Waals surface area (Å²) in [5, 5.41) is 10.4. The van der Waals surface area contributed by atoms with Crippen molar-refractivity contribution in [1.29, 1.82) is 5.26 Å². The maximum absolute atomic E-state index is 9.70. The maximum Gasteiger partial charge on any atom is 0.135 e. The molecule has 0 saturated carbocycles. The zero-order valence-corrected chi connectivity index (χ0v) is 16.5. The monoisotopic (exact) mass is 392 g/mol. The minimum Gasteiger partial charge on any atom is -0.297 e. The third-order valence-corrected chi connectivity index (χ3v) is 5.89. The Bertz CT molecular complexity index is 1390. The van der Waals surface area contributed by atoms with Crippen LogP contribution >= 0.6 is 11.3 Å². The van der Waals surface area contributed by atoms with Gasteiger partial charge in [-0.1, -0.05) is 36.4 Å². The fraction of sp³-hybridized carbons (Fsp3) is 0.0417. The van der Waals surface area contributed by atoms with Gasteiger partial charge in [-0.15, -0.1) is 11.3 Å². The van der Waals surface area contributed by atoms with E-state index in [2.05, 4.69) is 33.8 Å². The molecule has 0 bridgehead atoms. The Kier molecular flexibility index (Phi) is 4.19. The smallest absolute Gasteiger partial charge is 0.135 e. The standard InChI is InChI=1S/C24H16N4S/c1-16-26-21-14-17(11-12-22(21)28(16)19-7-3-2-4-8-19)13-18(15-25)24-27-20-9-5-6-10-23(20)29-24/h2-14H,1H3/b18-13+. The van der Waals surface area contributed by atoms with Gasteiger partial charge in [-0.3, -0.25) is 4.57 Å². The Labute approximate surface area is 172 Å². The number of rotatable bonds is 3. The van der Waals surface area contributed by atoms with E-state index >= 15 is 0 Å². The van der Waals surface area contributed by atoms with Gasteiger partial charge in [0.15, 0.2) is 0 Å². The molecule has 5 rings (SSSR count). The molecule has 0 aliphatic rings. The van der Waals surface area contributed by atoms with Gasteiger partial charge in [0, 0.05) is 5.69 Å². The minimum atomic E-state index is 0.560. The molecule has 4 nitrogen and oxygen atoms in total. The summed E-state index contributed by atoms with van der Waals surface area (Å²) in [6, 6.07) is 26.5. The van der Waals surface area contributed by atoms with Crippen LogP contribution in [0.5, 0.6) is 0 Å². The first-order valence-electron chi connectivity index (χ1n) is 9.25. The molecule has 0 fully saturated rings. The topological polar surface area (TPSA) is 54.5 Å².